The summed E-state index contributed by atoms with van der Waals surface area (Å²) in [5.41, 5.74) is 1.17. The summed E-state index contributed by atoms with van der Waals surface area (Å²) in [6, 6.07) is 2.09. The topological polar surface area (TPSA) is 36.4 Å². The predicted octanol–water partition coefficient (Wildman–Crippen LogP) is 2.05. The molecule has 1 aliphatic heterocycles. The summed E-state index contributed by atoms with van der Waals surface area (Å²) in [6.45, 7) is 2.41. The van der Waals surface area contributed by atoms with Gasteiger partial charge in [-0.2, -0.15) is 0 Å². The number of nitrogens with zero attached hydrogens (tertiary/aromatic N) is 2. The third kappa shape index (κ3) is 2.69. The molecule has 0 saturated carbocycles. The number of anilines is 1. The van der Waals surface area contributed by atoms with Crippen molar-refractivity contribution in [3.8, 4) is 0 Å². The average molecular weight is 271 g/mol. The van der Waals surface area contributed by atoms with Gasteiger partial charge < -0.3 is 10.0 Å². The van der Waals surface area contributed by atoms with E-state index in [1.807, 2.05) is 6.20 Å². The molecule has 15 heavy (non-hydrogen) atoms. The van der Waals surface area contributed by atoms with Crippen molar-refractivity contribution >= 4 is 21.6 Å². The van der Waals surface area contributed by atoms with Gasteiger partial charge in [0, 0.05) is 30.4 Å². The van der Waals surface area contributed by atoms with Gasteiger partial charge in [-0.15, -0.1) is 0 Å². The fraction of sp³-hybridized carbons (Fsp3) is 0.545. The van der Waals surface area contributed by atoms with Gasteiger partial charge in [-0.3, -0.25) is 4.98 Å². The molecule has 1 aromatic heterocycles. The first-order chi connectivity index (χ1) is 7.29. The van der Waals surface area contributed by atoms with Crippen LogP contribution in [0.1, 0.15) is 12.8 Å². The molecule has 1 N–H and O–H groups in total. The molecule has 0 amide bonds. The Morgan fingerprint density at radius 2 is 2.40 bits per heavy atom. The molecule has 0 bridgehead atoms. The van der Waals surface area contributed by atoms with Gasteiger partial charge in [-0.25, -0.2) is 0 Å². The van der Waals surface area contributed by atoms with Gasteiger partial charge >= 0.3 is 0 Å². The molecule has 1 saturated heterocycles. The van der Waals surface area contributed by atoms with E-state index in [1.165, 1.54) is 12.1 Å². The molecule has 1 aliphatic rings. The lowest BCUT2D eigenvalue weighted by molar-refractivity contribution is 0.263. The van der Waals surface area contributed by atoms with Crippen LogP contribution in [0.2, 0.25) is 0 Å². The zero-order valence-electron chi connectivity index (χ0n) is 8.56. The van der Waals surface area contributed by atoms with E-state index < -0.39 is 0 Å². The number of aliphatic hydroxyl groups is 1. The summed E-state index contributed by atoms with van der Waals surface area (Å²) < 4.78 is 1.02. The van der Waals surface area contributed by atoms with Crippen LogP contribution in [0.3, 0.4) is 0 Å². The van der Waals surface area contributed by atoms with Gasteiger partial charge in [0.25, 0.3) is 0 Å². The van der Waals surface area contributed by atoms with Crippen LogP contribution in [0.4, 0.5) is 5.69 Å². The Balaban J connectivity index is 2.01. The second-order valence-electron chi connectivity index (χ2n) is 3.97. The van der Waals surface area contributed by atoms with E-state index >= 15 is 0 Å². The quantitative estimate of drug-likeness (QED) is 0.914. The van der Waals surface area contributed by atoms with Crippen LogP contribution in [0.15, 0.2) is 22.9 Å². The second kappa shape index (κ2) is 4.94. The third-order valence-electron chi connectivity index (χ3n) is 2.88. The number of hydrogen-bond donors (Lipinski definition) is 1. The number of rotatable bonds is 3. The van der Waals surface area contributed by atoms with Crippen LogP contribution in [0, 0.1) is 5.92 Å². The smallest absolute Gasteiger partial charge is 0.0564 e. The standard InChI is InChI=1S/C11H15BrN2O/c12-10-5-11(7-13-6-10)14-3-1-9(8-14)2-4-15/h5-7,9,15H,1-4,8H2. The van der Waals surface area contributed by atoms with Crippen molar-refractivity contribution in [3.05, 3.63) is 22.9 Å². The SMILES string of the molecule is OCCC1CCN(c2cncc(Br)c2)C1. The number of hydrogen-bond acceptors (Lipinski definition) is 3. The van der Waals surface area contributed by atoms with E-state index in [1.54, 1.807) is 6.20 Å². The van der Waals surface area contributed by atoms with Gasteiger partial charge in [-0.05, 0) is 40.8 Å². The van der Waals surface area contributed by atoms with E-state index in [-0.39, 0.29) is 0 Å². The Morgan fingerprint density at radius 1 is 1.53 bits per heavy atom. The highest BCUT2D eigenvalue weighted by atomic mass is 79.9. The molecule has 1 fully saturated rings. The van der Waals surface area contributed by atoms with Crippen molar-refractivity contribution in [2.75, 3.05) is 24.6 Å². The van der Waals surface area contributed by atoms with E-state index in [0.29, 0.717) is 12.5 Å². The van der Waals surface area contributed by atoms with Gasteiger partial charge in [0.15, 0.2) is 0 Å². The molecule has 82 valence electrons. The minimum Gasteiger partial charge on any atom is -0.396 e. The maximum atomic E-state index is 8.89. The number of aromatic nitrogens is 1. The van der Waals surface area contributed by atoms with E-state index in [9.17, 15) is 0 Å². The van der Waals surface area contributed by atoms with Gasteiger partial charge in [0.2, 0.25) is 0 Å². The molecule has 1 aromatic rings. The predicted molar refractivity (Wildman–Crippen MR) is 64.0 cm³/mol. The van der Waals surface area contributed by atoms with E-state index in [0.717, 1.165) is 24.0 Å². The van der Waals surface area contributed by atoms with Crippen LogP contribution < -0.4 is 4.90 Å². The normalized spacial score (nSPS) is 20.9. The van der Waals surface area contributed by atoms with Crippen LogP contribution >= 0.6 is 15.9 Å². The maximum Gasteiger partial charge on any atom is 0.0564 e. The molecule has 2 heterocycles. The van der Waals surface area contributed by atoms with Crippen molar-refractivity contribution in [1.29, 1.82) is 0 Å². The van der Waals surface area contributed by atoms with E-state index in [2.05, 4.69) is 31.9 Å². The van der Waals surface area contributed by atoms with Crippen LogP contribution in [-0.2, 0) is 0 Å². The fourth-order valence-electron chi connectivity index (χ4n) is 2.06. The Kier molecular flexibility index (Phi) is 3.59. The highest BCUT2D eigenvalue weighted by Crippen LogP contribution is 2.26. The van der Waals surface area contributed by atoms with Gasteiger partial charge in [0.05, 0.1) is 11.9 Å². The molecular weight excluding hydrogens is 256 g/mol. The molecule has 3 nitrogen and oxygen atoms in total. The number of halogens is 1. The Bertz CT molecular complexity index is 332. The summed E-state index contributed by atoms with van der Waals surface area (Å²) in [4.78, 5) is 6.49. The zero-order chi connectivity index (χ0) is 10.7. The molecule has 0 spiro atoms. The Labute approximate surface area is 98.3 Å². The van der Waals surface area contributed by atoms with Crippen molar-refractivity contribution in [1.82, 2.24) is 4.98 Å². The lowest BCUT2D eigenvalue weighted by atomic mass is 10.1. The average Bonchev–Trinajstić information content (AvgIpc) is 2.67. The van der Waals surface area contributed by atoms with E-state index in [4.69, 9.17) is 5.11 Å². The summed E-state index contributed by atoms with van der Waals surface area (Å²) in [5, 5.41) is 8.89. The van der Waals surface area contributed by atoms with Crippen LogP contribution in [0.5, 0.6) is 0 Å². The Hall–Kier alpha value is -0.610. The minimum atomic E-state index is 0.301. The molecule has 1 unspecified atom stereocenters. The minimum absolute atomic E-state index is 0.301. The van der Waals surface area contributed by atoms with Crippen LogP contribution in [0.25, 0.3) is 0 Å². The molecule has 0 radical (unpaired) electrons. The van der Waals surface area contributed by atoms with Crippen molar-refractivity contribution in [2.45, 2.75) is 12.8 Å². The second-order valence-corrected chi connectivity index (χ2v) is 4.89. The first-order valence-electron chi connectivity index (χ1n) is 5.26. The lowest BCUT2D eigenvalue weighted by Crippen LogP contribution is -2.19. The zero-order valence-corrected chi connectivity index (χ0v) is 10.2. The monoisotopic (exact) mass is 270 g/mol. The molecule has 0 aliphatic carbocycles. The molecular formula is C11H15BrN2O. The molecule has 2 rings (SSSR count). The highest BCUT2D eigenvalue weighted by molar-refractivity contribution is 9.10. The highest BCUT2D eigenvalue weighted by Gasteiger charge is 2.22. The largest absolute Gasteiger partial charge is 0.396 e. The van der Waals surface area contributed by atoms with Gasteiger partial charge in [0.1, 0.15) is 0 Å². The van der Waals surface area contributed by atoms with Crippen molar-refractivity contribution in [3.63, 3.8) is 0 Å². The molecule has 0 aromatic carbocycles. The summed E-state index contributed by atoms with van der Waals surface area (Å²) in [7, 11) is 0. The maximum absolute atomic E-state index is 8.89. The summed E-state index contributed by atoms with van der Waals surface area (Å²) >= 11 is 3.43. The van der Waals surface area contributed by atoms with Crippen molar-refractivity contribution < 1.29 is 5.11 Å². The fourth-order valence-corrected chi connectivity index (χ4v) is 2.41. The third-order valence-corrected chi connectivity index (χ3v) is 3.31. The molecule has 1 atom stereocenters. The summed E-state index contributed by atoms with van der Waals surface area (Å²) in [6.07, 6.45) is 5.78. The first kappa shape index (κ1) is 10.9. The number of aliphatic hydroxyl groups excluding tert-OH is 1. The van der Waals surface area contributed by atoms with Gasteiger partial charge in [-0.1, -0.05) is 0 Å². The van der Waals surface area contributed by atoms with Crippen LogP contribution in [-0.4, -0.2) is 29.8 Å². The summed E-state index contributed by atoms with van der Waals surface area (Å²) in [5.74, 6) is 0.633. The van der Waals surface area contributed by atoms with Crippen molar-refractivity contribution in [2.24, 2.45) is 5.92 Å². The Morgan fingerprint density at radius 3 is 3.13 bits per heavy atom. The number of pyridine rings is 1. The first-order valence-corrected chi connectivity index (χ1v) is 6.05. The lowest BCUT2D eigenvalue weighted by Gasteiger charge is -2.18. The molecule has 4 heteroatoms.